The molecule has 2 rings (SSSR count). The molecular formula is C15H26N2O3. The number of carbonyl (C=O) groups is 2. The molecular weight excluding hydrogens is 256 g/mol. The predicted octanol–water partition coefficient (Wildman–Crippen LogP) is 1.53. The number of carbonyl (C=O) groups excluding carboxylic acids is 1. The van der Waals surface area contributed by atoms with Crippen LogP contribution >= 0.6 is 0 Å². The molecule has 0 spiro atoms. The summed E-state index contributed by atoms with van der Waals surface area (Å²) < 4.78 is 0. The second kappa shape index (κ2) is 6.57. The molecule has 1 saturated carbocycles. The van der Waals surface area contributed by atoms with Gasteiger partial charge in [0.15, 0.2) is 0 Å². The molecule has 1 amide bonds. The maximum atomic E-state index is 12.2. The van der Waals surface area contributed by atoms with E-state index in [1.54, 1.807) is 0 Å². The van der Waals surface area contributed by atoms with Crippen LogP contribution < -0.4 is 10.6 Å². The third-order valence-corrected chi connectivity index (χ3v) is 4.98. The second-order valence-electron chi connectivity index (χ2n) is 6.45. The van der Waals surface area contributed by atoms with Crippen molar-refractivity contribution in [1.29, 1.82) is 0 Å². The molecule has 1 saturated heterocycles. The highest BCUT2D eigenvalue weighted by molar-refractivity contribution is 5.82. The van der Waals surface area contributed by atoms with Crippen molar-refractivity contribution in [2.45, 2.75) is 57.9 Å². The molecule has 2 aliphatic rings. The number of nitrogens with one attached hydrogen (secondary N) is 2. The van der Waals surface area contributed by atoms with Crippen molar-refractivity contribution in [3.05, 3.63) is 0 Å². The fourth-order valence-corrected chi connectivity index (χ4v) is 3.38. The van der Waals surface area contributed by atoms with Crippen molar-refractivity contribution in [1.82, 2.24) is 10.6 Å². The molecule has 3 N–H and O–H groups in total. The molecule has 0 aromatic heterocycles. The van der Waals surface area contributed by atoms with Gasteiger partial charge < -0.3 is 15.7 Å². The number of rotatable bonds is 6. The maximum absolute atomic E-state index is 12.2. The number of carboxylic acids is 1. The van der Waals surface area contributed by atoms with Gasteiger partial charge in [0, 0.05) is 6.54 Å². The quantitative estimate of drug-likeness (QED) is 0.690. The molecule has 0 aromatic carbocycles. The summed E-state index contributed by atoms with van der Waals surface area (Å²) in [7, 11) is 0. The number of piperidine rings is 1. The van der Waals surface area contributed by atoms with Gasteiger partial charge >= 0.3 is 5.97 Å². The molecule has 1 aliphatic carbocycles. The summed E-state index contributed by atoms with van der Waals surface area (Å²) in [6.45, 7) is 3.57. The zero-order chi connectivity index (χ0) is 14.6. The summed E-state index contributed by atoms with van der Waals surface area (Å²) in [5.74, 6) is -0.0933. The van der Waals surface area contributed by atoms with Gasteiger partial charge in [0.2, 0.25) is 5.91 Å². The van der Waals surface area contributed by atoms with Crippen LogP contribution in [0.15, 0.2) is 0 Å². The summed E-state index contributed by atoms with van der Waals surface area (Å²) >= 11 is 0. The van der Waals surface area contributed by atoms with Gasteiger partial charge in [0.1, 0.15) is 0 Å². The molecule has 0 radical (unpaired) electrons. The first-order chi connectivity index (χ1) is 9.54. The third-order valence-electron chi connectivity index (χ3n) is 4.98. The molecule has 1 aliphatic heterocycles. The Morgan fingerprint density at radius 2 is 2.15 bits per heavy atom. The standard InChI is InChI=1S/C15H26N2O3/c1-2-11-4-7-16-12(8-11)14(20)17-10-15(5-3-6-15)9-13(18)19/h11-12,16H,2-10H2,1H3,(H,17,20)(H,18,19). The zero-order valence-electron chi connectivity index (χ0n) is 12.3. The molecule has 1 heterocycles. The highest BCUT2D eigenvalue weighted by Gasteiger charge is 2.39. The van der Waals surface area contributed by atoms with Crippen LogP contribution in [0.1, 0.15) is 51.9 Å². The second-order valence-corrected chi connectivity index (χ2v) is 6.45. The zero-order valence-corrected chi connectivity index (χ0v) is 12.3. The average molecular weight is 282 g/mol. The summed E-state index contributed by atoms with van der Waals surface area (Å²) in [5, 5.41) is 15.2. The normalized spacial score (nSPS) is 28.4. The molecule has 2 fully saturated rings. The van der Waals surface area contributed by atoms with E-state index in [1.807, 2.05) is 0 Å². The minimum Gasteiger partial charge on any atom is -0.481 e. The summed E-state index contributed by atoms with van der Waals surface area (Å²) in [6, 6.07) is -0.101. The lowest BCUT2D eigenvalue weighted by atomic mass is 9.66. The van der Waals surface area contributed by atoms with Crippen molar-refractivity contribution in [3.8, 4) is 0 Å². The van der Waals surface area contributed by atoms with Gasteiger partial charge in [-0.25, -0.2) is 0 Å². The molecule has 2 unspecified atom stereocenters. The maximum Gasteiger partial charge on any atom is 0.303 e. The van der Waals surface area contributed by atoms with E-state index in [-0.39, 0.29) is 23.8 Å². The van der Waals surface area contributed by atoms with Crippen LogP contribution in [0.4, 0.5) is 0 Å². The first kappa shape index (κ1) is 15.3. The first-order valence-corrected chi connectivity index (χ1v) is 7.77. The van der Waals surface area contributed by atoms with E-state index >= 15 is 0 Å². The predicted molar refractivity (Wildman–Crippen MR) is 76.4 cm³/mol. The fourth-order valence-electron chi connectivity index (χ4n) is 3.38. The summed E-state index contributed by atoms with van der Waals surface area (Å²) in [4.78, 5) is 23.1. The van der Waals surface area contributed by atoms with E-state index < -0.39 is 5.97 Å². The van der Waals surface area contributed by atoms with Gasteiger partial charge in [-0.2, -0.15) is 0 Å². The minimum absolute atomic E-state index is 0.0415. The van der Waals surface area contributed by atoms with Crippen LogP contribution in [0.3, 0.4) is 0 Å². The molecule has 0 aromatic rings. The SMILES string of the molecule is CCC1CCNC(C(=O)NCC2(CC(=O)O)CCC2)C1. The van der Waals surface area contributed by atoms with Gasteiger partial charge in [-0.15, -0.1) is 0 Å². The number of carboxylic acid groups (broad SMARTS) is 1. The van der Waals surface area contributed by atoms with E-state index in [9.17, 15) is 9.59 Å². The van der Waals surface area contributed by atoms with Crippen LogP contribution in [0, 0.1) is 11.3 Å². The Bertz CT molecular complexity index is 366. The number of hydrogen-bond acceptors (Lipinski definition) is 3. The van der Waals surface area contributed by atoms with E-state index in [0.717, 1.165) is 45.1 Å². The number of aliphatic carboxylic acids is 1. The molecule has 114 valence electrons. The fraction of sp³-hybridized carbons (Fsp3) is 0.867. The van der Waals surface area contributed by atoms with Crippen molar-refractivity contribution >= 4 is 11.9 Å². The minimum atomic E-state index is -0.763. The lowest BCUT2D eigenvalue weighted by Crippen LogP contribution is -2.52. The summed E-state index contributed by atoms with van der Waals surface area (Å²) in [5.41, 5.74) is -0.194. The van der Waals surface area contributed by atoms with Crippen LogP contribution in [-0.2, 0) is 9.59 Å². The van der Waals surface area contributed by atoms with Gasteiger partial charge in [-0.3, -0.25) is 9.59 Å². The Balaban J connectivity index is 1.80. The number of amides is 1. The monoisotopic (exact) mass is 282 g/mol. The molecule has 0 bridgehead atoms. The van der Waals surface area contributed by atoms with Gasteiger partial charge in [0.25, 0.3) is 0 Å². The van der Waals surface area contributed by atoms with Gasteiger partial charge in [-0.1, -0.05) is 19.8 Å². The van der Waals surface area contributed by atoms with Crippen LogP contribution in [0.25, 0.3) is 0 Å². The van der Waals surface area contributed by atoms with Crippen LogP contribution in [-0.4, -0.2) is 36.1 Å². The van der Waals surface area contributed by atoms with Crippen molar-refractivity contribution < 1.29 is 14.7 Å². The summed E-state index contributed by atoms with van der Waals surface area (Å²) in [6.07, 6.45) is 6.22. The van der Waals surface area contributed by atoms with E-state index in [1.165, 1.54) is 0 Å². The molecule has 2 atom stereocenters. The van der Waals surface area contributed by atoms with Crippen molar-refractivity contribution in [2.24, 2.45) is 11.3 Å². The smallest absolute Gasteiger partial charge is 0.303 e. The Labute approximate surface area is 120 Å². The largest absolute Gasteiger partial charge is 0.481 e. The first-order valence-electron chi connectivity index (χ1n) is 7.77. The van der Waals surface area contributed by atoms with Crippen LogP contribution in [0.2, 0.25) is 0 Å². The van der Waals surface area contributed by atoms with Crippen molar-refractivity contribution in [3.63, 3.8) is 0 Å². The Hall–Kier alpha value is -1.10. The lowest BCUT2D eigenvalue weighted by molar-refractivity contribution is -0.142. The Kier molecular flexibility index (Phi) is 5.02. The van der Waals surface area contributed by atoms with E-state index in [0.29, 0.717) is 12.5 Å². The van der Waals surface area contributed by atoms with E-state index in [4.69, 9.17) is 5.11 Å². The molecule has 20 heavy (non-hydrogen) atoms. The third kappa shape index (κ3) is 3.72. The lowest BCUT2D eigenvalue weighted by Gasteiger charge is -2.41. The topological polar surface area (TPSA) is 78.4 Å². The molecule has 5 heteroatoms. The highest BCUT2D eigenvalue weighted by Crippen LogP contribution is 2.43. The average Bonchev–Trinajstić information content (AvgIpc) is 2.41. The highest BCUT2D eigenvalue weighted by atomic mass is 16.4. The van der Waals surface area contributed by atoms with E-state index in [2.05, 4.69) is 17.6 Å². The Morgan fingerprint density at radius 3 is 2.70 bits per heavy atom. The Morgan fingerprint density at radius 1 is 1.40 bits per heavy atom. The van der Waals surface area contributed by atoms with Crippen molar-refractivity contribution in [2.75, 3.05) is 13.1 Å². The number of hydrogen-bond donors (Lipinski definition) is 3. The molecule has 5 nitrogen and oxygen atoms in total. The van der Waals surface area contributed by atoms with Gasteiger partial charge in [0.05, 0.1) is 12.5 Å². The van der Waals surface area contributed by atoms with Crippen LogP contribution in [0.5, 0.6) is 0 Å². The van der Waals surface area contributed by atoms with Gasteiger partial charge in [-0.05, 0) is 43.6 Å².